The van der Waals surface area contributed by atoms with Crippen LogP contribution in [0.25, 0.3) is 11.1 Å². The maximum absolute atomic E-state index is 12.4. The minimum Gasteiger partial charge on any atom is -0.480 e. The van der Waals surface area contributed by atoms with Gasteiger partial charge in [-0.2, -0.15) is 0 Å². The molecule has 8 nitrogen and oxygen atoms in total. The van der Waals surface area contributed by atoms with E-state index in [4.69, 9.17) is 9.47 Å². The van der Waals surface area contributed by atoms with Gasteiger partial charge in [-0.1, -0.05) is 68.3 Å². The molecule has 3 N–H and O–H groups in total. The van der Waals surface area contributed by atoms with Crippen LogP contribution in [0.15, 0.2) is 48.5 Å². The number of carboxylic acid groups (broad SMARTS) is 1. The van der Waals surface area contributed by atoms with Crippen LogP contribution in [0.5, 0.6) is 0 Å². The van der Waals surface area contributed by atoms with Crippen LogP contribution in [-0.2, 0) is 19.1 Å². The van der Waals surface area contributed by atoms with Crippen molar-refractivity contribution in [2.45, 2.75) is 63.2 Å². The molecular weight excluding hydrogens is 448 g/mol. The first-order valence-electron chi connectivity index (χ1n) is 12.3. The standard InChI is InChI=1S/C27H32N2O6/c1-2-3-12-23(26(31)32)29-25(30)24-14-13-17(35-24)15-28-27(33)34-16-22-20-10-6-4-8-18(20)19-9-5-7-11-21(19)22/h4-11,17,22-24H,2-3,12-16H2,1H3,(H,28,33)(H,29,30)(H,31,32)/t17?,23-,24?/m0/s1. The van der Waals surface area contributed by atoms with Crippen molar-refractivity contribution in [2.75, 3.05) is 13.2 Å². The summed E-state index contributed by atoms with van der Waals surface area (Å²) < 4.78 is 11.3. The van der Waals surface area contributed by atoms with Gasteiger partial charge in [0.15, 0.2) is 0 Å². The Kier molecular flexibility index (Phi) is 8.02. The third kappa shape index (κ3) is 5.82. The zero-order valence-electron chi connectivity index (χ0n) is 19.9. The van der Waals surface area contributed by atoms with E-state index in [1.165, 1.54) is 11.1 Å². The van der Waals surface area contributed by atoms with Crippen LogP contribution in [0.3, 0.4) is 0 Å². The first kappa shape index (κ1) is 24.7. The van der Waals surface area contributed by atoms with Gasteiger partial charge in [0.05, 0.1) is 6.10 Å². The third-order valence-electron chi connectivity index (χ3n) is 6.68. The number of rotatable bonds is 10. The number of benzene rings is 2. The summed E-state index contributed by atoms with van der Waals surface area (Å²) in [4.78, 5) is 36.2. The molecular formula is C27H32N2O6. The van der Waals surface area contributed by atoms with Gasteiger partial charge in [-0.25, -0.2) is 9.59 Å². The average molecular weight is 481 g/mol. The predicted octanol–water partition coefficient (Wildman–Crippen LogP) is 3.83. The Bertz CT molecular complexity index is 1030. The van der Waals surface area contributed by atoms with Gasteiger partial charge in [-0.15, -0.1) is 0 Å². The van der Waals surface area contributed by atoms with Gasteiger partial charge >= 0.3 is 12.1 Å². The second-order valence-corrected chi connectivity index (χ2v) is 9.07. The third-order valence-corrected chi connectivity index (χ3v) is 6.68. The van der Waals surface area contributed by atoms with Crippen LogP contribution in [0, 0.1) is 0 Å². The number of hydrogen-bond donors (Lipinski definition) is 3. The summed E-state index contributed by atoms with van der Waals surface area (Å²) in [5.41, 5.74) is 4.63. The summed E-state index contributed by atoms with van der Waals surface area (Å²) in [6, 6.07) is 15.4. The maximum atomic E-state index is 12.4. The highest BCUT2D eigenvalue weighted by Crippen LogP contribution is 2.44. The molecule has 0 bridgehead atoms. The number of carbonyl (C=O) groups excluding carboxylic acids is 2. The molecule has 186 valence electrons. The summed E-state index contributed by atoms with van der Waals surface area (Å²) in [5.74, 6) is -1.48. The monoisotopic (exact) mass is 480 g/mol. The smallest absolute Gasteiger partial charge is 0.407 e. The van der Waals surface area contributed by atoms with Gasteiger partial charge in [-0.05, 0) is 41.5 Å². The number of hydrogen-bond acceptors (Lipinski definition) is 5. The Morgan fingerprint density at radius 2 is 1.71 bits per heavy atom. The molecule has 8 heteroatoms. The second-order valence-electron chi connectivity index (χ2n) is 9.07. The lowest BCUT2D eigenvalue weighted by atomic mass is 9.98. The molecule has 1 aliphatic carbocycles. The highest BCUT2D eigenvalue weighted by Gasteiger charge is 2.33. The molecule has 2 aliphatic rings. The van der Waals surface area contributed by atoms with Crippen molar-refractivity contribution in [3.63, 3.8) is 0 Å². The lowest BCUT2D eigenvalue weighted by molar-refractivity contribution is -0.144. The van der Waals surface area contributed by atoms with Crippen LogP contribution in [0.1, 0.15) is 56.1 Å². The number of alkyl carbamates (subject to hydrolysis) is 1. The van der Waals surface area contributed by atoms with Crippen molar-refractivity contribution in [2.24, 2.45) is 0 Å². The molecule has 3 atom stereocenters. The van der Waals surface area contributed by atoms with E-state index in [-0.39, 0.29) is 25.2 Å². The van der Waals surface area contributed by atoms with Crippen molar-refractivity contribution in [3.8, 4) is 11.1 Å². The van der Waals surface area contributed by atoms with E-state index in [9.17, 15) is 19.5 Å². The first-order valence-corrected chi connectivity index (χ1v) is 12.3. The minimum absolute atomic E-state index is 0.0150. The molecule has 35 heavy (non-hydrogen) atoms. The molecule has 2 unspecified atom stereocenters. The molecule has 1 saturated heterocycles. The fourth-order valence-electron chi connectivity index (χ4n) is 4.83. The Morgan fingerprint density at radius 3 is 2.34 bits per heavy atom. The van der Waals surface area contributed by atoms with Crippen LogP contribution in [0.4, 0.5) is 4.79 Å². The molecule has 4 rings (SSSR count). The van der Waals surface area contributed by atoms with Gasteiger partial charge in [0, 0.05) is 12.5 Å². The van der Waals surface area contributed by atoms with Gasteiger partial charge in [0.2, 0.25) is 5.91 Å². The van der Waals surface area contributed by atoms with Crippen molar-refractivity contribution in [1.82, 2.24) is 10.6 Å². The summed E-state index contributed by atoms with van der Waals surface area (Å²) in [5, 5.41) is 14.6. The number of nitrogens with one attached hydrogen (secondary N) is 2. The molecule has 2 aromatic rings. The van der Waals surface area contributed by atoms with E-state index < -0.39 is 30.1 Å². The van der Waals surface area contributed by atoms with E-state index in [0.29, 0.717) is 19.3 Å². The second kappa shape index (κ2) is 11.4. The predicted molar refractivity (Wildman–Crippen MR) is 130 cm³/mol. The normalized spacial score (nSPS) is 19.5. The van der Waals surface area contributed by atoms with E-state index >= 15 is 0 Å². The summed E-state index contributed by atoms with van der Waals surface area (Å²) in [6.45, 7) is 2.42. The van der Waals surface area contributed by atoms with Crippen molar-refractivity contribution in [3.05, 3.63) is 59.7 Å². The number of carboxylic acids is 1. The highest BCUT2D eigenvalue weighted by molar-refractivity contribution is 5.86. The lowest BCUT2D eigenvalue weighted by Crippen LogP contribution is -2.45. The van der Waals surface area contributed by atoms with Crippen LogP contribution >= 0.6 is 0 Å². The minimum atomic E-state index is -1.04. The Balaban J connectivity index is 1.23. The molecule has 1 aliphatic heterocycles. The van der Waals surface area contributed by atoms with Gasteiger partial charge in [0.1, 0.15) is 18.8 Å². The molecule has 0 radical (unpaired) electrons. The van der Waals surface area contributed by atoms with Crippen LogP contribution in [0.2, 0.25) is 0 Å². The van der Waals surface area contributed by atoms with Crippen LogP contribution in [-0.4, -0.2) is 54.5 Å². The SMILES string of the molecule is CCCC[C@H](NC(=O)C1CCC(CNC(=O)OCC2c3ccccc3-c3ccccc32)O1)C(=O)O. The quantitative estimate of drug-likeness (QED) is 0.476. The number of carbonyl (C=O) groups is 3. The van der Waals surface area contributed by atoms with E-state index in [1.807, 2.05) is 31.2 Å². The Labute approximate surface area is 205 Å². The fourth-order valence-corrected chi connectivity index (χ4v) is 4.83. The summed E-state index contributed by atoms with van der Waals surface area (Å²) in [7, 11) is 0. The zero-order valence-corrected chi connectivity index (χ0v) is 19.9. The van der Waals surface area contributed by atoms with E-state index in [2.05, 4.69) is 34.9 Å². The molecule has 0 saturated carbocycles. The van der Waals surface area contributed by atoms with Crippen molar-refractivity contribution in [1.29, 1.82) is 0 Å². The first-order chi connectivity index (χ1) is 17.0. The van der Waals surface area contributed by atoms with Crippen molar-refractivity contribution >= 4 is 18.0 Å². The lowest BCUT2D eigenvalue weighted by Gasteiger charge is -2.18. The molecule has 2 amide bonds. The van der Waals surface area contributed by atoms with Gasteiger partial charge in [-0.3, -0.25) is 4.79 Å². The number of aliphatic carboxylic acids is 1. The average Bonchev–Trinajstić information content (AvgIpc) is 3.47. The van der Waals surface area contributed by atoms with Crippen molar-refractivity contribution < 1.29 is 29.0 Å². The largest absolute Gasteiger partial charge is 0.480 e. The molecule has 1 fully saturated rings. The molecule has 1 heterocycles. The summed E-state index contributed by atoms with van der Waals surface area (Å²) in [6.07, 6.45) is 1.44. The fraction of sp³-hybridized carbons (Fsp3) is 0.444. The van der Waals surface area contributed by atoms with Crippen LogP contribution < -0.4 is 10.6 Å². The van der Waals surface area contributed by atoms with Gasteiger partial charge in [0.25, 0.3) is 0 Å². The highest BCUT2D eigenvalue weighted by atomic mass is 16.5. The molecule has 0 spiro atoms. The Hall–Kier alpha value is -3.39. The zero-order chi connectivity index (χ0) is 24.8. The molecule has 0 aromatic heterocycles. The van der Waals surface area contributed by atoms with E-state index in [1.54, 1.807) is 0 Å². The Morgan fingerprint density at radius 1 is 1.06 bits per heavy atom. The summed E-state index contributed by atoms with van der Waals surface area (Å²) >= 11 is 0. The number of ether oxygens (including phenoxy) is 2. The number of unbranched alkanes of at least 4 members (excludes halogenated alkanes) is 1. The molecule has 2 aromatic carbocycles. The van der Waals surface area contributed by atoms with Gasteiger partial charge < -0.3 is 25.2 Å². The number of fused-ring (bicyclic) bond motifs is 3. The topological polar surface area (TPSA) is 114 Å². The maximum Gasteiger partial charge on any atom is 0.407 e. The number of amides is 2. The van der Waals surface area contributed by atoms with E-state index in [0.717, 1.165) is 24.0 Å².